The fourth-order valence-electron chi connectivity index (χ4n) is 3.92. The van der Waals surface area contributed by atoms with Crippen molar-refractivity contribution in [1.82, 2.24) is 9.55 Å². The van der Waals surface area contributed by atoms with E-state index in [4.69, 9.17) is 16.6 Å². The summed E-state index contributed by atoms with van der Waals surface area (Å²) in [6.07, 6.45) is 0. The highest BCUT2D eigenvalue weighted by Crippen LogP contribution is 2.31. The Bertz CT molecular complexity index is 1520. The van der Waals surface area contributed by atoms with Crippen LogP contribution in [-0.2, 0) is 9.59 Å². The number of amides is 2. The molecule has 0 unspecified atom stereocenters. The van der Waals surface area contributed by atoms with Crippen molar-refractivity contribution in [1.29, 1.82) is 0 Å². The Balaban J connectivity index is 1.54. The predicted molar refractivity (Wildman–Crippen MR) is 135 cm³/mol. The third-order valence-electron chi connectivity index (χ3n) is 5.62. The van der Waals surface area contributed by atoms with Gasteiger partial charge in [-0.05, 0) is 48.9 Å². The molecule has 3 aromatic carbocycles. The molecule has 0 aliphatic carbocycles. The van der Waals surface area contributed by atoms with Gasteiger partial charge in [0.15, 0.2) is 5.16 Å². The van der Waals surface area contributed by atoms with Crippen molar-refractivity contribution in [2.75, 3.05) is 22.5 Å². The first-order valence-electron chi connectivity index (χ1n) is 10.5. The van der Waals surface area contributed by atoms with Crippen LogP contribution < -0.4 is 15.8 Å². The van der Waals surface area contributed by atoms with E-state index in [1.807, 2.05) is 19.1 Å². The van der Waals surface area contributed by atoms with Crippen LogP contribution >= 0.6 is 23.4 Å². The molecular formula is C25H19ClN4O3S. The molecule has 2 amide bonds. The summed E-state index contributed by atoms with van der Waals surface area (Å²) in [5.74, 6) is -0.525. The molecule has 5 rings (SSSR count). The van der Waals surface area contributed by atoms with E-state index in [0.717, 1.165) is 17.3 Å². The molecule has 1 aliphatic heterocycles. The van der Waals surface area contributed by atoms with Crippen molar-refractivity contribution in [2.24, 2.45) is 0 Å². The Morgan fingerprint density at radius 1 is 1.03 bits per heavy atom. The number of benzene rings is 3. The van der Waals surface area contributed by atoms with Crippen molar-refractivity contribution in [3.63, 3.8) is 0 Å². The Morgan fingerprint density at radius 3 is 2.62 bits per heavy atom. The number of fused-ring (bicyclic) bond motifs is 2. The summed E-state index contributed by atoms with van der Waals surface area (Å²) in [4.78, 5) is 44.9. The van der Waals surface area contributed by atoms with E-state index in [0.29, 0.717) is 38.1 Å². The van der Waals surface area contributed by atoms with E-state index >= 15 is 0 Å². The van der Waals surface area contributed by atoms with Gasteiger partial charge in [0.2, 0.25) is 11.8 Å². The third-order valence-corrected chi connectivity index (χ3v) is 6.95. The van der Waals surface area contributed by atoms with E-state index in [2.05, 4.69) is 5.32 Å². The van der Waals surface area contributed by atoms with Gasteiger partial charge in [-0.15, -0.1) is 0 Å². The first-order chi connectivity index (χ1) is 16.4. The molecular weight excluding hydrogens is 472 g/mol. The van der Waals surface area contributed by atoms with Crippen molar-refractivity contribution in [3.8, 4) is 5.69 Å². The molecule has 1 N–H and O–H groups in total. The van der Waals surface area contributed by atoms with Crippen LogP contribution in [0, 0.1) is 6.92 Å². The third kappa shape index (κ3) is 3.95. The minimum atomic E-state index is -0.260. The molecule has 0 radical (unpaired) electrons. The van der Waals surface area contributed by atoms with Gasteiger partial charge in [-0.1, -0.05) is 53.7 Å². The van der Waals surface area contributed by atoms with E-state index in [9.17, 15) is 14.4 Å². The van der Waals surface area contributed by atoms with Gasteiger partial charge in [0, 0.05) is 5.02 Å². The topological polar surface area (TPSA) is 84.3 Å². The second-order valence-electron chi connectivity index (χ2n) is 7.77. The van der Waals surface area contributed by atoms with Crippen molar-refractivity contribution < 1.29 is 9.59 Å². The number of hydrogen-bond donors (Lipinski definition) is 1. The highest BCUT2D eigenvalue weighted by Gasteiger charge is 2.27. The zero-order valence-corrected chi connectivity index (χ0v) is 19.7. The quantitative estimate of drug-likeness (QED) is 0.338. The molecule has 9 heteroatoms. The monoisotopic (exact) mass is 490 g/mol. The Hall–Kier alpha value is -3.62. The number of anilines is 2. The predicted octanol–water partition coefficient (Wildman–Crippen LogP) is 4.42. The van der Waals surface area contributed by atoms with Gasteiger partial charge in [0.1, 0.15) is 6.54 Å². The molecule has 0 atom stereocenters. The highest BCUT2D eigenvalue weighted by atomic mass is 35.5. The molecule has 0 saturated heterocycles. The first-order valence-corrected chi connectivity index (χ1v) is 11.9. The molecule has 4 aromatic rings. The number of rotatable bonds is 4. The van der Waals surface area contributed by atoms with Crippen LogP contribution in [0.5, 0.6) is 0 Å². The van der Waals surface area contributed by atoms with Gasteiger partial charge in [-0.3, -0.25) is 19.0 Å². The number of halogens is 1. The van der Waals surface area contributed by atoms with E-state index in [1.54, 1.807) is 54.6 Å². The van der Waals surface area contributed by atoms with Gasteiger partial charge >= 0.3 is 0 Å². The summed E-state index contributed by atoms with van der Waals surface area (Å²) in [5, 5.41) is 4.15. The Labute approximate surface area is 204 Å². The van der Waals surface area contributed by atoms with Crippen LogP contribution in [0.1, 0.15) is 5.56 Å². The van der Waals surface area contributed by atoms with Crippen LogP contribution in [0.25, 0.3) is 16.6 Å². The summed E-state index contributed by atoms with van der Waals surface area (Å²) in [6.45, 7) is 1.77. The second kappa shape index (κ2) is 8.96. The molecule has 0 saturated carbocycles. The molecule has 170 valence electrons. The smallest absolute Gasteiger partial charge is 0.266 e. The SMILES string of the molecule is Cc1c(Cl)cccc1-n1c(SCC(=O)N2CC(=O)Nc3ccccc32)nc2ccccc2c1=O. The van der Waals surface area contributed by atoms with E-state index < -0.39 is 0 Å². The lowest BCUT2D eigenvalue weighted by Gasteiger charge is -2.29. The largest absolute Gasteiger partial charge is 0.323 e. The maximum Gasteiger partial charge on any atom is 0.266 e. The number of carbonyl (C=O) groups is 2. The maximum absolute atomic E-state index is 13.5. The first kappa shape index (κ1) is 22.2. The normalized spacial score (nSPS) is 13.0. The molecule has 1 aliphatic rings. The van der Waals surface area contributed by atoms with Gasteiger partial charge in [0.25, 0.3) is 5.56 Å². The van der Waals surface area contributed by atoms with E-state index in [-0.39, 0.29) is 29.7 Å². The van der Waals surface area contributed by atoms with Crippen LogP contribution in [0.4, 0.5) is 11.4 Å². The number of aromatic nitrogens is 2. The highest BCUT2D eigenvalue weighted by molar-refractivity contribution is 7.99. The van der Waals surface area contributed by atoms with Gasteiger partial charge < -0.3 is 10.2 Å². The average Bonchev–Trinajstić information content (AvgIpc) is 2.84. The van der Waals surface area contributed by atoms with Crippen molar-refractivity contribution in [2.45, 2.75) is 12.1 Å². The summed E-state index contributed by atoms with van der Waals surface area (Å²) in [7, 11) is 0. The standard InChI is InChI=1S/C25H19ClN4O3S/c1-15-17(26)8-6-12-20(15)30-24(33)16-7-2-3-9-18(16)28-25(30)34-14-23(32)29-13-22(31)27-19-10-4-5-11-21(19)29/h2-12H,13-14H2,1H3,(H,27,31). The second-order valence-corrected chi connectivity index (χ2v) is 9.12. The lowest BCUT2D eigenvalue weighted by Crippen LogP contribution is -2.43. The molecule has 2 heterocycles. The molecule has 34 heavy (non-hydrogen) atoms. The van der Waals surface area contributed by atoms with Crippen LogP contribution in [0.2, 0.25) is 5.02 Å². The minimum absolute atomic E-state index is 0.00793. The number of nitrogens with zero attached hydrogens (tertiary/aromatic N) is 3. The number of nitrogens with one attached hydrogen (secondary N) is 1. The van der Waals surface area contributed by atoms with Crippen molar-refractivity contribution >= 4 is 57.5 Å². The van der Waals surface area contributed by atoms with Gasteiger partial charge in [-0.25, -0.2) is 4.98 Å². The average molecular weight is 491 g/mol. The zero-order chi connectivity index (χ0) is 23.8. The molecule has 7 nitrogen and oxygen atoms in total. The molecule has 0 spiro atoms. The number of hydrogen-bond acceptors (Lipinski definition) is 5. The maximum atomic E-state index is 13.5. The summed E-state index contributed by atoms with van der Waals surface area (Å²) in [5.41, 5.74) is 2.87. The van der Waals surface area contributed by atoms with Crippen molar-refractivity contribution in [3.05, 3.63) is 87.7 Å². The van der Waals surface area contributed by atoms with Gasteiger partial charge in [-0.2, -0.15) is 0 Å². The lowest BCUT2D eigenvalue weighted by atomic mass is 10.2. The van der Waals surface area contributed by atoms with Crippen LogP contribution in [0.15, 0.2) is 76.7 Å². The summed E-state index contributed by atoms with van der Waals surface area (Å²) in [6, 6.07) is 19.6. The Kier molecular flexibility index (Phi) is 5.85. The number of carbonyl (C=O) groups excluding carboxylic acids is 2. The lowest BCUT2D eigenvalue weighted by molar-refractivity contribution is -0.120. The number of para-hydroxylation sites is 3. The summed E-state index contributed by atoms with van der Waals surface area (Å²) < 4.78 is 1.50. The van der Waals surface area contributed by atoms with Crippen LogP contribution in [-0.4, -0.2) is 33.7 Å². The molecule has 0 fully saturated rings. The van der Waals surface area contributed by atoms with E-state index in [1.165, 1.54) is 9.47 Å². The molecule has 0 bridgehead atoms. The summed E-state index contributed by atoms with van der Waals surface area (Å²) >= 11 is 7.48. The van der Waals surface area contributed by atoms with Crippen LogP contribution in [0.3, 0.4) is 0 Å². The zero-order valence-electron chi connectivity index (χ0n) is 18.1. The van der Waals surface area contributed by atoms with Gasteiger partial charge in [0.05, 0.1) is 33.7 Å². The minimum Gasteiger partial charge on any atom is -0.323 e. The fraction of sp³-hybridized carbons (Fsp3) is 0.120. The molecule has 1 aromatic heterocycles. The Morgan fingerprint density at radius 2 is 1.76 bits per heavy atom. The fourth-order valence-corrected chi connectivity index (χ4v) is 4.97. The number of thioether (sulfide) groups is 1.